The van der Waals surface area contributed by atoms with Crippen molar-refractivity contribution in [2.75, 3.05) is 13.7 Å². The van der Waals surface area contributed by atoms with Crippen molar-refractivity contribution in [3.8, 4) is 16.9 Å². The predicted molar refractivity (Wildman–Crippen MR) is 113 cm³/mol. The van der Waals surface area contributed by atoms with Crippen LogP contribution in [0.15, 0.2) is 72.8 Å². The Balaban J connectivity index is 1.43. The fourth-order valence-corrected chi connectivity index (χ4v) is 3.14. The van der Waals surface area contributed by atoms with Gasteiger partial charge in [0.15, 0.2) is 0 Å². The third kappa shape index (κ3) is 6.35. The van der Waals surface area contributed by atoms with E-state index in [0.717, 1.165) is 48.1 Å². The second kappa shape index (κ2) is 10.2. The van der Waals surface area contributed by atoms with E-state index in [4.69, 9.17) is 4.74 Å². The normalized spacial score (nSPS) is 11.2. The highest BCUT2D eigenvalue weighted by Gasteiger charge is 2.29. The first-order valence-corrected chi connectivity index (χ1v) is 9.94. The zero-order valence-corrected chi connectivity index (χ0v) is 17.1. The highest BCUT2D eigenvalue weighted by atomic mass is 19.4. The third-order valence-corrected chi connectivity index (χ3v) is 4.90. The van der Waals surface area contributed by atoms with Crippen LogP contribution in [0.25, 0.3) is 11.1 Å². The molecule has 6 heteroatoms. The van der Waals surface area contributed by atoms with Gasteiger partial charge in [-0.3, -0.25) is 0 Å². The van der Waals surface area contributed by atoms with E-state index in [1.807, 2.05) is 24.3 Å². The van der Waals surface area contributed by atoms with Crippen LogP contribution < -0.4 is 4.74 Å². The Morgan fingerprint density at radius 2 is 1.39 bits per heavy atom. The summed E-state index contributed by atoms with van der Waals surface area (Å²) >= 11 is 0. The molecule has 0 radical (unpaired) electrons. The quantitative estimate of drug-likeness (QED) is 0.301. The van der Waals surface area contributed by atoms with Gasteiger partial charge in [-0.05, 0) is 72.4 Å². The fourth-order valence-electron chi connectivity index (χ4n) is 3.14. The number of benzene rings is 3. The molecule has 0 fully saturated rings. The van der Waals surface area contributed by atoms with Crippen LogP contribution in [0.5, 0.6) is 5.75 Å². The SMILES string of the molecule is COC(=O)c1ccc(OCCCCc2ccc(-c3ccc(C(F)(F)F)cc3)cc2)cc1. The van der Waals surface area contributed by atoms with Crippen LogP contribution in [-0.4, -0.2) is 19.7 Å². The molecule has 3 nitrogen and oxygen atoms in total. The van der Waals surface area contributed by atoms with Gasteiger partial charge in [0.25, 0.3) is 0 Å². The zero-order chi connectivity index (χ0) is 22.3. The number of esters is 1. The van der Waals surface area contributed by atoms with Crippen LogP contribution in [-0.2, 0) is 17.3 Å². The van der Waals surface area contributed by atoms with Crippen molar-refractivity contribution in [3.63, 3.8) is 0 Å². The topological polar surface area (TPSA) is 35.5 Å². The zero-order valence-electron chi connectivity index (χ0n) is 17.1. The van der Waals surface area contributed by atoms with E-state index in [2.05, 4.69) is 4.74 Å². The molecule has 0 saturated heterocycles. The van der Waals surface area contributed by atoms with Gasteiger partial charge in [-0.2, -0.15) is 13.2 Å². The first-order valence-electron chi connectivity index (χ1n) is 9.94. The van der Waals surface area contributed by atoms with E-state index in [9.17, 15) is 18.0 Å². The van der Waals surface area contributed by atoms with Gasteiger partial charge in [0, 0.05) is 0 Å². The number of halogens is 3. The number of rotatable bonds is 8. The van der Waals surface area contributed by atoms with E-state index in [1.54, 1.807) is 24.3 Å². The minimum absolute atomic E-state index is 0.379. The van der Waals surface area contributed by atoms with Gasteiger partial charge >= 0.3 is 12.1 Å². The average molecular weight is 428 g/mol. The molecule has 0 bridgehead atoms. The maximum atomic E-state index is 12.7. The van der Waals surface area contributed by atoms with Crippen LogP contribution in [0, 0.1) is 0 Å². The summed E-state index contributed by atoms with van der Waals surface area (Å²) in [5.74, 6) is 0.324. The summed E-state index contributed by atoms with van der Waals surface area (Å²) in [6, 6.07) is 19.9. The molecule has 0 unspecified atom stereocenters. The molecular weight excluding hydrogens is 405 g/mol. The van der Waals surface area contributed by atoms with Crippen molar-refractivity contribution >= 4 is 5.97 Å². The number of carbonyl (C=O) groups excluding carboxylic acids is 1. The Morgan fingerprint density at radius 3 is 1.94 bits per heavy atom. The molecule has 3 rings (SSSR count). The van der Waals surface area contributed by atoms with Crippen molar-refractivity contribution in [3.05, 3.63) is 89.5 Å². The van der Waals surface area contributed by atoms with Crippen LogP contribution in [0.4, 0.5) is 13.2 Å². The molecule has 31 heavy (non-hydrogen) atoms. The van der Waals surface area contributed by atoms with Gasteiger partial charge in [0.05, 0.1) is 24.8 Å². The maximum Gasteiger partial charge on any atom is 0.416 e. The Bertz CT molecular complexity index is 977. The van der Waals surface area contributed by atoms with Crippen LogP contribution >= 0.6 is 0 Å². The molecule has 0 N–H and O–H groups in total. The Morgan fingerprint density at radius 1 is 0.806 bits per heavy atom. The van der Waals surface area contributed by atoms with Gasteiger partial charge in [-0.25, -0.2) is 4.79 Å². The lowest BCUT2D eigenvalue weighted by molar-refractivity contribution is -0.137. The van der Waals surface area contributed by atoms with Gasteiger partial charge in [-0.1, -0.05) is 36.4 Å². The molecule has 162 valence electrons. The molecule has 3 aromatic carbocycles. The summed E-state index contributed by atoms with van der Waals surface area (Å²) in [4.78, 5) is 11.4. The number of aryl methyl sites for hydroxylation is 1. The second-order valence-electron chi connectivity index (χ2n) is 7.09. The molecule has 0 amide bonds. The Kier molecular flexibility index (Phi) is 7.34. The molecular formula is C25H23F3O3. The van der Waals surface area contributed by atoms with E-state index in [1.165, 1.54) is 19.2 Å². The van der Waals surface area contributed by atoms with Gasteiger partial charge in [0.2, 0.25) is 0 Å². The molecule has 0 aromatic heterocycles. The van der Waals surface area contributed by atoms with Crippen LogP contribution in [0.3, 0.4) is 0 Å². The van der Waals surface area contributed by atoms with Crippen LogP contribution in [0.1, 0.15) is 34.3 Å². The summed E-state index contributed by atoms with van der Waals surface area (Å²) < 4.78 is 48.4. The molecule has 0 atom stereocenters. The van der Waals surface area contributed by atoms with Crippen molar-refractivity contribution in [2.24, 2.45) is 0 Å². The Labute approximate surface area is 179 Å². The smallest absolute Gasteiger partial charge is 0.416 e. The largest absolute Gasteiger partial charge is 0.494 e. The van der Waals surface area contributed by atoms with Crippen molar-refractivity contribution < 1.29 is 27.4 Å². The molecule has 3 aromatic rings. The van der Waals surface area contributed by atoms with E-state index in [-0.39, 0.29) is 5.97 Å². The van der Waals surface area contributed by atoms with E-state index >= 15 is 0 Å². The number of alkyl halides is 3. The molecule has 0 aliphatic carbocycles. The van der Waals surface area contributed by atoms with Crippen molar-refractivity contribution in [1.82, 2.24) is 0 Å². The van der Waals surface area contributed by atoms with Gasteiger partial charge < -0.3 is 9.47 Å². The standard InChI is InChI=1S/C25H23F3O3/c1-30-24(29)21-11-15-23(16-12-21)31-17-3-2-4-18-5-7-19(8-6-18)20-9-13-22(14-10-20)25(26,27)28/h5-16H,2-4,17H2,1H3. The first-order chi connectivity index (χ1) is 14.9. The summed E-state index contributed by atoms with van der Waals surface area (Å²) in [5.41, 5.74) is 2.64. The third-order valence-electron chi connectivity index (χ3n) is 4.90. The number of carbonyl (C=O) groups is 1. The summed E-state index contributed by atoms with van der Waals surface area (Å²) in [6.45, 7) is 0.571. The lowest BCUT2D eigenvalue weighted by Gasteiger charge is -2.09. The molecule has 0 aliphatic rings. The summed E-state index contributed by atoms with van der Waals surface area (Å²) in [7, 11) is 1.34. The van der Waals surface area contributed by atoms with Gasteiger partial charge in [0.1, 0.15) is 5.75 Å². The number of ether oxygens (including phenoxy) is 2. The molecule has 0 heterocycles. The van der Waals surface area contributed by atoms with Crippen molar-refractivity contribution in [1.29, 1.82) is 0 Å². The second-order valence-corrected chi connectivity index (χ2v) is 7.09. The molecule has 0 aliphatic heterocycles. The van der Waals surface area contributed by atoms with E-state index in [0.29, 0.717) is 17.9 Å². The summed E-state index contributed by atoms with van der Waals surface area (Å²) in [5, 5.41) is 0. The lowest BCUT2D eigenvalue weighted by Crippen LogP contribution is -2.03. The highest BCUT2D eigenvalue weighted by Crippen LogP contribution is 2.31. The van der Waals surface area contributed by atoms with E-state index < -0.39 is 11.7 Å². The minimum Gasteiger partial charge on any atom is -0.494 e. The summed E-state index contributed by atoms with van der Waals surface area (Å²) in [6.07, 6.45) is -1.62. The minimum atomic E-state index is -4.32. The first kappa shape index (κ1) is 22.4. The van der Waals surface area contributed by atoms with Gasteiger partial charge in [-0.15, -0.1) is 0 Å². The lowest BCUT2D eigenvalue weighted by atomic mass is 10.0. The maximum absolute atomic E-state index is 12.7. The van der Waals surface area contributed by atoms with Crippen molar-refractivity contribution in [2.45, 2.75) is 25.4 Å². The highest BCUT2D eigenvalue weighted by molar-refractivity contribution is 5.89. The fraction of sp³-hybridized carbons (Fsp3) is 0.240. The molecule has 0 spiro atoms. The number of hydrogen-bond acceptors (Lipinski definition) is 3. The number of hydrogen-bond donors (Lipinski definition) is 0. The number of methoxy groups -OCH3 is 1. The monoisotopic (exact) mass is 428 g/mol. The Hall–Kier alpha value is -3.28. The van der Waals surface area contributed by atoms with Crippen LogP contribution in [0.2, 0.25) is 0 Å². The number of unbranched alkanes of at least 4 members (excludes halogenated alkanes) is 1. The average Bonchev–Trinajstić information content (AvgIpc) is 2.79. The molecule has 0 saturated carbocycles. The predicted octanol–water partition coefficient (Wildman–Crippen LogP) is 6.56.